The van der Waals surface area contributed by atoms with Crippen LogP contribution in [0.1, 0.15) is 37.8 Å². The van der Waals surface area contributed by atoms with Crippen LogP contribution in [0.4, 0.5) is 0 Å². The Morgan fingerprint density at radius 3 is 2.42 bits per heavy atom. The molecule has 0 aliphatic carbocycles. The zero-order valence-electron chi connectivity index (χ0n) is 10.9. The van der Waals surface area contributed by atoms with Crippen molar-refractivity contribution in [2.24, 2.45) is 0 Å². The van der Waals surface area contributed by atoms with Gasteiger partial charge in [0.2, 0.25) is 10.0 Å². The number of aliphatic carboxylic acids is 1. The Morgan fingerprint density at radius 2 is 1.89 bits per heavy atom. The van der Waals surface area contributed by atoms with E-state index in [4.69, 9.17) is 5.11 Å². The zero-order valence-corrected chi connectivity index (χ0v) is 11.7. The molecule has 2 N–H and O–H groups in total. The van der Waals surface area contributed by atoms with Gasteiger partial charge in [-0.05, 0) is 12.0 Å². The number of rotatable bonds is 8. The minimum atomic E-state index is -3.58. The number of sulfonamides is 1. The number of nitrogens with one attached hydrogen (secondary N) is 1. The Hall–Kier alpha value is -1.40. The van der Waals surface area contributed by atoms with Gasteiger partial charge in [0.05, 0.1) is 5.75 Å². The van der Waals surface area contributed by atoms with Crippen LogP contribution < -0.4 is 4.72 Å². The summed E-state index contributed by atoms with van der Waals surface area (Å²) in [5, 5.41) is 9.13. The Labute approximate surface area is 113 Å². The molecule has 0 saturated heterocycles. The van der Waals surface area contributed by atoms with E-state index in [1.807, 2.05) is 6.92 Å². The Morgan fingerprint density at radius 1 is 1.26 bits per heavy atom. The number of hydrogen-bond donors (Lipinski definition) is 2. The molecule has 0 heterocycles. The van der Waals surface area contributed by atoms with Crippen LogP contribution in [0.25, 0.3) is 0 Å². The third kappa shape index (κ3) is 5.40. The third-order valence-electron chi connectivity index (χ3n) is 2.69. The molecule has 0 amide bonds. The van der Waals surface area contributed by atoms with E-state index in [1.165, 1.54) is 0 Å². The smallest absolute Gasteiger partial charge is 0.326 e. The lowest BCUT2D eigenvalue weighted by Crippen LogP contribution is -2.35. The lowest BCUT2D eigenvalue weighted by molar-refractivity contribution is -0.139. The van der Waals surface area contributed by atoms with Crippen molar-refractivity contribution >= 4 is 16.0 Å². The first-order valence-corrected chi connectivity index (χ1v) is 7.89. The van der Waals surface area contributed by atoms with Crippen molar-refractivity contribution in [2.75, 3.05) is 5.75 Å². The predicted molar refractivity (Wildman–Crippen MR) is 73.3 cm³/mol. The standard InChI is InChI=1S/C13H19NO4S/c1-2-3-7-10-19(17,18)14-12(13(15)16)11-8-5-4-6-9-11/h4-6,8-9,12,14H,2-3,7,10H2,1H3,(H,15,16)/t12-/m1/s1. The molecule has 0 aliphatic heterocycles. The van der Waals surface area contributed by atoms with Crippen LogP contribution in [0.2, 0.25) is 0 Å². The van der Waals surface area contributed by atoms with Crippen molar-refractivity contribution in [2.45, 2.75) is 32.2 Å². The van der Waals surface area contributed by atoms with Gasteiger partial charge in [-0.15, -0.1) is 0 Å². The van der Waals surface area contributed by atoms with Crippen LogP contribution in [0.3, 0.4) is 0 Å². The molecule has 1 aromatic rings. The maximum atomic E-state index is 11.8. The van der Waals surface area contributed by atoms with Crippen LogP contribution in [0.5, 0.6) is 0 Å². The Bertz CT molecular complexity index is 499. The normalized spacial score (nSPS) is 13.1. The van der Waals surface area contributed by atoms with E-state index in [0.717, 1.165) is 12.8 Å². The average Bonchev–Trinajstić information content (AvgIpc) is 2.37. The fourth-order valence-corrected chi connectivity index (χ4v) is 2.99. The van der Waals surface area contributed by atoms with Gasteiger partial charge in [0, 0.05) is 0 Å². The summed E-state index contributed by atoms with van der Waals surface area (Å²) < 4.78 is 25.9. The summed E-state index contributed by atoms with van der Waals surface area (Å²) in [7, 11) is -3.58. The van der Waals surface area contributed by atoms with Crippen LogP contribution >= 0.6 is 0 Å². The topological polar surface area (TPSA) is 83.5 Å². The first-order valence-electron chi connectivity index (χ1n) is 6.24. The summed E-state index contributed by atoms with van der Waals surface area (Å²) in [6.45, 7) is 1.98. The van der Waals surface area contributed by atoms with Gasteiger partial charge in [0.25, 0.3) is 0 Å². The highest BCUT2D eigenvalue weighted by molar-refractivity contribution is 7.89. The highest BCUT2D eigenvalue weighted by Crippen LogP contribution is 2.14. The molecule has 0 radical (unpaired) electrons. The largest absolute Gasteiger partial charge is 0.480 e. The monoisotopic (exact) mass is 285 g/mol. The number of benzene rings is 1. The second kappa shape index (κ2) is 7.25. The first-order chi connectivity index (χ1) is 8.96. The molecule has 0 bridgehead atoms. The SMILES string of the molecule is CCCCCS(=O)(=O)N[C@@H](C(=O)O)c1ccccc1. The third-order valence-corrected chi connectivity index (χ3v) is 4.11. The van der Waals surface area contributed by atoms with Crippen LogP contribution in [-0.4, -0.2) is 25.2 Å². The molecule has 19 heavy (non-hydrogen) atoms. The minimum absolute atomic E-state index is 0.0442. The maximum absolute atomic E-state index is 11.8. The lowest BCUT2D eigenvalue weighted by atomic mass is 10.1. The average molecular weight is 285 g/mol. The minimum Gasteiger partial charge on any atom is -0.480 e. The van der Waals surface area contributed by atoms with E-state index in [0.29, 0.717) is 12.0 Å². The van der Waals surface area contributed by atoms with Gasteiger partial charge in [-0.25, -0.2) is 8.42 Å². The molecule has 1 aromatic carbocycles. The molecule has 0 aromatic heterocycles. The van der Waals surface area contributed by atoms with Crippen LogP contribution in [0, 0.1) is 0 Å². The number of hydrogen-bond acceptors (Lipinski definition) is 3. The van der Waals surface area contributed by atoms with Crippen molar-refractivity contribution in [3.8, 4) is 0 Å². The molecule has 0 saturated carbocycles. The van der Waals surface area contributed by atoms with Gasteiger partial charge < -0.3 is 5.11 Å². The van der Waals surface area contributed by atoms with Crippen molar-refractivity contribution in [1.29, 1.82) is 0 Å². The van der Waals surface area contributed by atoms with E-state index in [1.54, 1.807) is 30.3 Å². The summed E-state index contributed by atoms with van der Waals surface area (Å²) in [6, 6.07) is 7.06. The second-order valence-corrected chi connectivity index (χ2v) is 6.20. The number of carbonyl (C=O) groups is 1. The molecule has 1 rings (SSSR count). The predicted octanol–water partition coefficient (Wildman–Crippen LogP) is 1.92. The number of carboxylic acid groups (broad SMARTS) is 1. The molecule has 1 atom stereocenters. The molecule has 0 unspecified atom stereocenters. The molecule has 0 spiro atoms. The quantitative estimate of drug-likeness (QED) is 0.715. The fraction of sp³-hybridized carbons (Fsp3) is 0.462. The van der Waals surface area contributed by atoms with Gasteiger partial charge in [-0.3, -0.25) is 4.79 Å². The van der Waals surface area contributed by atoms with Gasteiger partial charge in [0.1, 0.15) is 6.04 Å². The van der Waals surface area contributed by atoms with Crippen LogP contribution in [0.15, 0.2) is 30.3 Å². The van der Waals surface area contributed by atoms with Gasteiger partial charge in [-0.1, -0.05) is 50.1 Å². The molecule has 5 nitrogen and oxygen atoms in total. The lowest BCUT2D eigenvalue weighted by Gasteiger charge is -2.15. The maximum Gasteiger partial charge on any atom is 0.326 e. The van der Waals surface area contributed by atoms with Crippen molar-refractivity contribution < 1.29 is 18.3 Å². The van der Waals surface area contributed by atoms with E-state index in [-0.39, 0.29) is 5.75 Å². The summed E-state index contributed by atoms with van der Waals surface area (Å²) >= 11 is 0. The second-order valence-electron chi connectivity index (χ2n) is 4.33. The van der Waals surface area contributed by atoms with Gasteiger partial charge >= 0.3 is 5.97 Å². The molecule has 6 heteroatoms. The van der Waals surface area contributed by atoms with Crippen molar-refractivity contribution in [1.82, 2.24) is 4.72 Å². The Kier molecular flexibility index (Phi) is 5.98. The highest BCUT2D eigenvalue weighted by atomic mass is 32.2. The van der Waals surface area contributed by atoms with Crippen molar-refractivity contribution in [3.63, 3.8) is 0 Å². The zero-order chi connectivity index (χ0) is 14.3. The summed E-state index contributed by atoms with van der Waals surface area (Å²) in [5.74, 6) is -1.25. The fourth-order valence-electron chi connectivity index (χ4n) is 1.69. The molecular weight excluding hydrogens is 266 g/mol. The first kappa shape index (κ1) is 15.7. The molecule has 0 aliphatic rings. The number of carboxylic acids is 1. The van der Waals surface area contributed by atoms with Gasteiger partial charge in [0.15, 0.2) is 0 Å². The summed E-state index contributed by atoms with van der Waals surface area (Å²) in [4.78, 5) is 11.2. The summed E-state index contributed by atoms with van der Waals surface area (Å²) in [6.07, 6.45) is 2.26. The Balaban J connectivity index is 2.77. The van der Waals surface area contributed by atoms with Crippen molar-refractivity contribution in [3.05, 3.63) is 35.9 Å². The van der Waals surface area contributed by atoms with E-state index in [9.17, 15) is 13.2 Å². The highest BCUT2D eigenvalue weighted by Gasteiger charge is 2.25. The van der Waals surface area contributed by atoms with Crippen LogP contribution in [-0.2, 0) is 14.8 Å². The molecular formula is C13H19NO4S. The molecule has 0 fully saturated rings. The number of unbranched alkanes of at least 4 members (excludes halogenated alkanes) is 2. The van der Waals surface area contributed by atoms with E-state index < -0.39 is 22.0 Å². The van der Waals surface area contributed by atoms with E-state index in [2.05, 4.69) is 4.72 Å². The molecule has 106 valence electrons. The summed E-state index contributed by atoms with van der Waals surface area (Å²) in [5.41, 5.74) is 0.425. The van der Waals surface area contributed by atoms with E-state index >= 15 is 0 Å². The van der Waals surface area contributed by atoms with Gasteiger partial charge in [-0.2, -0.15) is 4.72 Å².